The van der Waals surface area contributed by atoms with Crippen LogP contribution in [0.5, 0.6) is 0 Å². The summed E-state index contributed by atoms with van der Waals surface area (Å²) in [5.74, 6) is 0. The second kappa shape index (κ2) is 7.14. The van der Waals surface area contributed by atoms with Crippen LogP contribution in [0.4, 0.5) is 10.5 Å². The average molecular weight is 303 g/mol. The van der Waals surface area contributed by atoms with Crippen LogP contribution in [0.25, 0.3) is 0 Å². The fraction of sp³-hybridized carbons (Fsp3) is 0.235. The SMILES string of the molecule is CCC(NC(=O)Nc1ccc(Cl)cc1)c1ccc(C)cc1. The molecule has 2 amide bonds. The smallest absolute Gasteiger partial charge is 0.319 e. The first kappa shape index (κ1) is 15.4. The molecule has 4 heteroatoms. The van der Waals surface area contributed by atoms with Crippen LogP contribution in [0.1, 0.15) is 30.5 Å². The topological polar surface area (TPSA) is 41.1 Å². The molecule has 21 heavy (non-hydrogen) atoms. The molecule has 0 aromatic heterocycles. The van der Waals surface area contributed by atoms with Crippen LogP contribution in [0.2, 0.25) is 5.02 Å². The molecule has 0 heterocycles. The van der Waals surface area contributed by atoms with E-state index in [1.165, 1.54) is 5.56 Å². The van der Waals surface area contributed by atoms with E-state index in [1.54, 1.807) is 24.3 Å². The lowest BCUT2D eigenvalue weighted by Gasteiger charge is -2.18. The van der Waals surface area contributed by atoms with Crippen molar-refractivity contribution in [2.24, 2.45) is 0 Å². The average Bonchev–Trinajstić information content (AvgIpc) is 2.48. The molecule has 0 aliphatic carbocycles. The zero-order valence-corrected chi connectivity index (χ0v) is 12.9. The number of rotatable bonds is 4. The predicted octanol–water partition coefficient (Wildman–Crippen LogP) is 4.92. The molecule has 0 bridgehead atoms. The maximum absolute atomic E-state index is 12.1. The number of urea groups is 1. The van der Waals surface area contributed by atoms with Crippen LogP contribution in [0.15, 0.2) is 48.5 Å². The number of anilines is 1. The maximum Gasteiger partial charge on any atom is 0.319 e. The third-order valence-electron chi connectivity index (χ3n) is 3.30. The Hall–Kier alpha value is -2.00. The zero-order chi connectivity index (χ0) is 15.2. The Bertz CT molecular complexity index is 593. The van der Waals surface area contributed by atoms with Gasteiger partial charge in [0.25, 0.3) is 0 Å². The van der Waals surface area contributed by atoms with Gasteiger partial charge in [-0.15, -0.1) is 0 Å². The summed E-state index contributed by atoms with van der Waals surface area (Å²) in [6.45, 7) is 4.10. The first-order chi connectivity index (χ1) is 10.1. The number of carbonyl (C=O) groups is 1. The van der Waals surface area contributed by atoms with Crippen molar-refractivity contribution in [1.29, 1.82) is 0 Å². The molecule has 1 unspecified atom stereocenters. The predicted molar refractivity (Wildman–Crippen MR) is 87.8 cm³/mol. The van der Waals surface area contributed by atoms with Crippen molar-refractivity contribution in [2.45, 2.75) is 26.3 Å². The maximum atomic E-state index is 12.1. The molecule has 0 saturated carbocycles. The van der Waals surface area contributed by atoms with E-state index in [-0.39, 0.29) is 12.1 Å². The summed E-state index contributed by atoms with van der Waals surface area (Å²) in [4.78, 5) is 12.1. The fourth-order valence-electron chi connectivity index (χ4n) is 2.08. The van der Waals surface area contributed by atoms with Crippen molar-refractivity contribution in [3.8, 4) is 0 Å². The van der Waals surface area contributed by atoms with E-state index >= 15 is 0 Å². The van der Waals surface area contributed by atoms with Gasteiger partial charge in [0, 0.05) is 10.7 Å². The number of hydrogen-bond acceptors (Lipinski definition) is 1. The summed E-state index contributed by atoms with van der Waals surface area (Å²) in [5.41, 5.74) is 3.03. The van der Waals surface area contributed by atoms with E-state index in [9.17, 15) is 4.79 Å². The lowest BCUT2D eigenvalue weighted by molar-refractivity contribution is 0.248. The molecule has 2 N–H and O–H groups in total. The summed E-state index contributed by atoms with van der Waals surface area (Å²) in [7, 11) is 0. The Morgan fingerprint density at radius 1 is 1.10 bits per heavy atom. The lowest BCUT2D eigenvalue weighted by Crippen LogP contribution is -2.32. The standard InChI is InChI=1S/C17H19ClN2O/c1-3-16(13-6-4-12(2)5-7-13)20-17(21)19-15-10-8-14(18)9-11-15/h4-11,16H,3H2,1-2H3,(H2,19,20,21). The van der Waals surface area contributed by atoms with E-state index in [0.717, 1.165) is 17.7 Å². The van der Waals surface area contributed by atoms with Gasteiger partial charge in [-0.05, 0) is 43.2 Å². The normalized spacial score (nSPS) is 11.8. The Kier molecular flexibility index (Phi) is 5.23. The molecular weight excluding hydrogens is 284 g/mol. The molecule has 2 aromatic rings. The van der Waals surface area contributed by atoms with Crippen molar-refractivity contribution < 1.29 is 4.79 Å². The van der Waals surface area contributed by atoms with Crippen LogP contribution in [0.3, 0.4) is 0 Å². The Morgan fingerprint density at radius 3 is 2.29 bits per heavy atom. The highest BCUT2D eigenvalue weighted by atomic mass is 35.5. The molecule has 0 fully saturated rings. The minimum Gasteiger partial charge on any atom is -0.331 e. The molecule has 0 aliphatic heterocycles. The Labute approximate surface area is 130 Å². The Morgan fingerprint density at radius 2 is 1.71 bits per heavy atom. The molecule has 0 aliphatic rings. The van der Waals surface area contributed by atoms with E-state index < -0.39 is 0 Å². The summed E-state index contributed by atoms with van der Waals surface area (Å²) in [6, 6.07) is 15.0. The quantitative estimate of drug-likeness (QED) is 0.827. The molecule has 3 nitrogen and oxygen atoms in total. The first-order valence-electron chi connectivity index (χ1n) is 6.98. The molecule has 0 saturated heterocycles. The van der Waals surface area contributed by atoms with E-state index in [0.29, 0.717) is 5.02 Å². The number of halogens is 1. The number of benzene rings is 2. The highest BCUT2D eigenvalue weighted by molar-refractivity contribution is 6.30. The van der Waals surface area contributed by atoms with Gasteiger partial charge in [-0.1, -0.05) is 48.4 Å². The van der Waals surface area contributed by atoms with Crippen molar-refractivity contribution in [3.05, 3.63) is 64.7 Å². The minimum absolute atomic E-state index is 0.00194. The van der Waals surface area contributed by atoms with Crippen LogP contribution >= 0.6 is 11.6 Å². The van der Waals surface area contributed by atoms with Crippen molar-refractivity contribution >= 4 is 23.3 Å². The lowest BCUT2D eigenvalue weighted by atomic mass is 10.0. The summed E-state index contributed by atoms with van der Waals surface area (Å²) < 4.78 is 0. The summed E-state index contributed by atoms with van der Waals surface area (Å²) >= 11 is 5.82. The highest BCUT2D eigenvalue weighted by Crippen LogP contribution is 2.18. The van der Waals surface area contributed by atoms with Crippen LogP contribution in [-0.4, -0.2) is 6.03 Å². The second-order valence-electron chi connectivity index (χ2n) is 4.98. The van der Waals surface area contributed by atoms with Crippen LogP contribution < -0.4 is 10.6 Å². The Balaban J connectivity index is 1.99. The second-order valence-corrected chi connectivity index (χ2v) is 5.41. The molecule has 2 aromatic carbocycles. The van der Waals surface area contributed by atoms with Gasteiger partial charge in [0.2, 0.25) is 0 Å². The van der Waals surface area contributed by atoms with Crippen LogP contribution in [0, 0.1) is 6.92 Å². The third-order valence-corrected chi connectivity index (χ3v) is 3.55. The largest absolute Gasteiger partial charge is 0.331 e. The zero-order valence-electron chi connectivity index (χ0n) is 12.2. The van der Waals surface area contributed by atoms with Crippen LogP contribution in [-0.2, 0) is 0 Å². The van der Waals surface area contributed by atoms with E-state index in [2.05, 4.69) is 22.8 Å². The summed E-state index contributed by atoms with van der Waals surface area (Å²) in [6.07, 6.45) is 0.830. The molecule has 1 atom stereocenters. The number of amides is 2. The van der Waals surface area contributed by atoms with Gasteiger partial charge in [-0.2, -0.15) is 0 Å². The first-order valence-corrected chi connectivity index (χ1v) is 7.36. The molecule has 0 radical (unpaired) electrons. The van der Waals surface area contributed by atoms with E-state index in [1.807, 2.05) is 26.0 Å². The number of aryl methyl sites for hydroxylation is 1. The molecule has 110 valence electrons. The summed E-state index contributed by atoms with van der Waals surface area (Å²) in [5, 5.41) is 6.43. The molecule has 2 rings (SSSR count). The van der Waals surface area contributed by atoms with Gasteiger partial charge in [-0.3, -0.25) is 0 Å². The van der Waals surface area contributed by atoms with E-state index in [4.69, 9.17) is 11.6 Å². The van der Waals surface area contributed by atoms with Crippen molar-refractivity contribution in [2.75, 3.05) is 5.32 Å². The minimum atomic E-state index is -0.218. The fourth-order valence-corrected chi connectivity index (χ4v) is 2.20. The van der Waals surface area contributed by atoms with Gasteiger partial charge in [0.1, 0.15) is 0 Å². The third kappa shape index (κ3) is 4.50. The van der Waals surface area contributed by atoms with Crippen molar-refractivity contribution in [3.63, 3.8) is 0 Å². The van der Waals surface area contributed by atoms with Gasteiger partial charge < -0.3 is 10.6 Å². The van der Waals surface area contributed by atoms with Gasteiger partial charge in [-0.25, -0.2) is 4.79 Å². The van der Waals surface area contributed by atoms with Crippen molar-refractivity contribution in [1.82, 2.24) is 5.32 Å². The number of hydrogen-bond donors (Lipinski definition) is 2. The van der Waals surface area contributed by atoms with Gasteiger partial charge in [0.15, 0.2) is 0 Å². The molecule has 0 spiro atoms. The highest BCUT2D eigenvalue weighted by Gasteiger charge is 2.12. The molecular formula is C17H19ClN2O. The number of nitrogens with one attached hydrogen (secondary N) is 2. The van der Waals surface area contributed by atoms with Gasteiger partial charge in [0.05, 0.1) is 6.04 Å². The number of carbonyl (C=O) groups excluding carboxylic acids is 1. The van der Waals surface area contributed by atoms with Gasteiger partial charge >= 0.3 is 6.03 Å². The monoisotopic (exact) mass is 302 g/mol.